The Bertz CT molecular complexity index is 1080. The molecule has 1 aliphatic carbocycles. The maximum Gasteiger partial charge on any atom is 0.407 e. The molecule has 2 saturated heterocycles. The first kappa shape index (κ1) is 23.7. The molecule has 2 fully saturated rings. The molecule has 5 rings (SSSR count). The van der Waals surface area contributed by atoms with Crippen molar-refractivity contribution in [3.05, 3.63) is 59.7 Å². The van der Waals surface area contributed by atoms with Crippen LogP contribution in [0.5, 0.6) is 0 Å². The maximum atomic E-state index is 13.2. The lowest BCUT2D eigenvalue weighted by Gasteiger charge is -2.36. The SMILES string of the molecule is CN(C(=O)C(CC(=O)O)NC(=O)OCC1c2ccccc2-c2ccccc21)C1CC2CCC(C1)S2. The Labute approximate surface area is 209 Å². The smallest absolute Gasteiger partial charge is 0.407 e. The maximum absolute atomic E-state index is 13.2. The van der Waals surface area contributed by atoms with Crippen LogP contribution < -0.4 is 5.32 Å². The number of likely N-dealkylation sites (N-methyl/N-ethyl adjacent to an activating group) is 1. The van der Waals surface area contributed by atoms with Crippen LogP contribution in [0.4, 0.5) is 4.79 Å². The highest BCUT2D eigenvalue weighted by molar-refractivity contribution is 8.00. The molecule has 8 heteroatoms. The van der Waals surface area contributed by atoms with Crippen molar-refractivity contribution in [2.45, 2.75) is 60.6 Å². The molecule has 3 aliphatic rings. The van der Waals surface area contributed by atoms with E-state index in [2.05, 4.69) is 17.4 Å². The van der Waals surface area contributed by atoms with Crippen LogP contribution in [0.15, 0.2) is 48.5 Å². The summed E-state index contributed by atoms with van der Waals surface area (Å²) in [6.45, 7) is 0.104. The molecular formula is C27H30N2O5S. The van der Waals surface area contributed by atoms with Crippen LogP contribution in [0.1, 0.15) is 49.1 Å². The molecule has 2 heterocycles. The Kier molecular flexibility index (Phi) is 6.73. The fourth-order valence-corrected chi connectivity index (χ4v) is 7.48. The molecule has 3 atom stereocenters. The van der Waals surface area contributed by atoms with Crippen molar-refractivity contribution in [1.29, 1.82) is 0 Å². The number of nitrogens with one attached hydrogen (secondary N) is 1. The zero-order valence-electron chi connectivity index (χ0n) is 19.7. The van der Waals surface area contributed by atoms with Crippen LogP contribution in [0, 0.1) is 0 Å². The van der Waals surface area contributed by atoms with Crippen LogP contribution >= 0.6 is 11.8 Å². The highest BCUT2D eigenvalue weighted by Gasteiger charge is 2.39. The van der Waals surface area contributed by atoms with Crippen LogP contribution in [0.3, 0.4) is 0 Å². The standard InChI is InChI=1S/C27H30N2O5S/c1-29(16-12-17-10-11-18(13-16)35-17)26(32)24(14-25(30)31)28-27(33)34-15-23-21-8-4-2-6-19(21)20-7-3-5-9-22(20)23/h2-9,16-18,23-24H,10-15H2,1H3,(H,28,33)(H,30,31). The van der Waals surface area contributed by atoms with Gasteiger partial charge in [-0.15, -0.1) is 0 Å². The molecule has 2 bridgehead atoms. The Morgan fingerprint density at radius 1 is 1.03 bits per heavy atom. The number of carboxylic acids is 1. The summed E-state index contributed by atoms with van der Waals surface area (Å²) in [5.74, 6) is -1.63. The van der Waals surface area contributed by atoms with E-state index in [-0.39, 0.29) is 24.5 Å². The van der Waals surface area contributed by atoms with Gasteiger partial charge in [0.1, 0.15) is 12.6 Å². The van der Waals surface area contributed by atoms with E-state index in [0.717, 1.165) is 35.1 Å². The average molecular weight is 495 g/mol. The summed E-state index contributed by atoms with van der Waals surface area (Å²) in [6.07, 6.45) is 2.90. The van der Waals surface area contributed by atoms with Crippen molar-refractivity contribution in [1.82, 2.24) is 10.2 Å². The first-order valence-corrected chi connectivity index (χ1v) is 13.1. The minimum absolute atomic E-state index is 0.0712. The molecule has 184 valence electrons. The third-order valence-electron chi connectivity index (χ3n) is 7.47. The van der Waals surface area contributed by atoms with E-state index in [4.69, 9.17) is 4.74 Å². The van der Waals surface area contributed by atoms with Gasteiger partial charge in [-0.2, -0.15) is 11.8 Å². The summed E-state index contributed by atoms with van der Waals surface area (Å²) in [5, 5.41) is 13.0. The fraction of sp³-hybridized carbons (Fsp3) is 0.444. The molecule has 0 saturated carbocycles. The number of carboxylic acid groups (broad SMARTS) is 1. The molecule has 0 aromatic heterocycles. The molecule has 2 aliphatic heterocycles. The summed E-state index contributed by atoms with van der Waals surface area (Å²) in [5.41, 5.74) is 4.42. The lowest BCUT2D eigenvalue weighted by Crippen LogP contribution is -2.52. The quantitative estimate of drug-likeness (QED) is 0.597. The number of fused-ring (bicyclic) bond motifs is 5. The predicted octanol–water partition coefficient (Wildman–Crippen LogP) is 4.25. The van der Waals surface area contributed by atoms with Gasteiger partial charge in [-0.3, -0.25) is 9.59 Å². The minimum atomic E-state index is -1.17. The number of rotatable bonds is 7. The number of aliphatic carboxylic acids is 1. The number of amides is 2. The fourth-order valence-electron chi connectivity index (χ4n) is 5.73. The first-order chi connectivity index (χ1) is 16.9. The normalized spacial score (nSPS) is 23.2. The molecule has 2 amide bonds. The number of thioether (sulfide) groups is 1. The van der Waals surface area contributed by atoms with Crippen molar-refractivity contribution in [3.8, 4) is 11.1 Å². The third kappa shape index (κ3) is 4.89. The van der Waals surface area contributed by atoms with Crippen LogP contribution in [0.25, 0.3) is 11.1 Å². The number of hydrogen-bond acceptors (Lipinski definition) is 5. The second kappa shape index (κ2) is 9.93. The largest absolute Gasteiger partial charge is 0.481 e. The van der Waals surface area contributed by atoms with Gasteiger partial charge >= 0.3 is 12.1 Å². The minimum Gasteiger partial charge on any atom is -0.481 e. The van der Waals surface area contributed by atoms with Crippen LogP contribution in [-0.2, 0) is 14.3 Å². The second-order valence-corrected chi connectivity index (χ2v) is 11.3. The van der Waals surface area contributed by atoms with E-state index in [1.807, 2.05) is 48.2 Å². The highest BCUT2D eigenvalue weighted by atomic mass is 32.2. The molecule has 35 heavy (non-hydrogen) atoms. The molecule has 7 nitrogen and oxygen atoms in total. The number of ether oxygens (including phenoxy) is 1. The number of benzene rings is 2. The molecule has 3 unspecified atom stereocenters. The van der Waals surface area contributed by atoms with Crippen LogP contribution in [0.2, 0.25) is 0 Å². The summed E-state index contributed by atoms with van der Waals surface area (Å²) in [6, 6.07) is 15.0. The Balaban J connectivity index is 1.24. The average Bonchev–Trinajstić information content (AvgIpc) is 3.36. The monoisotopic (exact) mass is 494 g/mol. The summed E-state index contributed by atoms with van der Waals surface area (Å²) >= 11 is 2.00. The second-order valence-electron chi connectivity index (χ2n) is 9.65. The zero-order chi connectivity index (χ0) is 24.5. The molecule has 0 radical (unpaired) electrons. The lowest BCUT2D eigenvalue weighted by atomic mass is 9.98. The number of nitrogens with zero attached hydrogens (tertiary/aromatic N) is 1. The van der Waals surface area contributed by atoms with E-state index < -0.39 is 24.5 Å². The Morgan fingerprint density at radius 3 is 2.17 bits per heavy atom. The molecule has 2 aromatic carbocycles. The zero-order valence-corrected chi connectivity index (χ0v) is 20.5. The van der Waals surface area contributed by atoms with Crippen molar-refractivity contribution < 1.29 is 24.2 Å². The van der Waals surface area contributed by atoms with Gasteiger partial charge in [0.25, 0.3) is 0 Å². The number of carbonyl (C=O) groups is 3. The van der Waals surface area contributed by atoms with E-state index >= 15 is 0 Å². The van der Waals surface area contributed by atoms with Gasteiger partial charge in [0.05, 0.1) is 6.42 Å². The van der Waals surface area contributed by atoms with Gasteiger partial charge in [0.2, 0.25) is 5.91 Å². The summed E-state index contributed by atoms with van der Waals surface area (Å²) in [7, 11) is 1.72. The van der Waals surface area contributed by atoms with E-state index in [1.165, 1.54) is 12.8 Å². The van der Waals surface area contributed by atoms with Gasteiger partial charge < -0.3 is 20.1 Å². The van der Waals surface area contributed by atoms with Crippen molar-refractivity contribution >= 4 is 29.7 Å². The predicted molar refractivity (Wildman–Crippen MR) is 134 cm³/mol. The number of hydrogen-bond donors (Lipinski definition) is 2. The topological polar surface area (TPSA) is 95.9 Å². The van der Waals surface area contributed by atoms with Gasteiger partial charge in [-0.25, -0.2) is 4.79 Å². The molecular weight excluding hydrogens is 464 g/mol. The lowest BCUT2D eigenvalue weighted by molar-refractivity contribution is -0.143. The number of alkyl carbamates (subject to hydrolysis) is 1. The van der Waals surface area contributed by atoms with Crippen molar-refractivity contribution in [2.24, 2.45) is 0 Å². The Hall–Kier alpha value is -3.00. The van der Waals surface area contributed by atoms with Crippen molar-refractivity contribution in [3.63, 3.8) is 0 Å². The molecule has 0 spiro atoms. The van der Waals surface area contributed by atoms with Crippen molar-refractivity contribution in [2.75, 3.05) is 13.7 Å². The van der Waals surface area contributed by atoms with Crippen LogP contribution in [-0.4, -0.2) is 64.2 Å². The highest BCUT2D eigenvalue weighted by Crippen LogP contribution is 2.45. The van der Waals surface area contributed by atoms with E-state index in [0.29, 0.717) is 10.5 Å². The summed E-state index contributed by atoms with van der Waals surface area (Å²) in [4.78, 5) is 39.1. The van der Waals surface area contributed by atoms with E-state index in [9.17, 15) is 19.5 Å². The third-order valence-corrected chi connectivity index (χ3v) is 9.10. The van der Waals surface area contributed by atoms with Gasteiger partial charge in [-0.1, -0.05) is 48.5 Å². The first-order valence-electron chi connectivity index (χ1n) is 12.2. The number of carbonyl (C=O) groups excluding carboxylic acids is 2. The molecule has 2 N–H and O–H groups in total. The summed E-state index contributed by atoms with van der Waals surface area (Å²) < 4.78 is 5.55. The molecule has 2 aromatic rings. The Morgan fingerprint density at radius 2 is 1.60 bits per heavy atom. The van der Waals surface area contributed by atoms with Gasteiger partial charge in [0.15, 0.2) is 0 Å². The van der Waals surface area contributed by atoms with E-state index in [1.54, 1.807) is 11.9 Å². The van der Waals surface area contributed by atoms with Gasteiger partial charge in [0, 0.05) is 29.5 Å². The van der Waals surface area contributed by atoms with Gasteiger partial charge in [-0.05, 0) is 47.9 Å².